The molecule has 6 heteroatoms. The van der Waals surface area contributed by atoms with Gasteiger partial charge in [0.2, 0.25) is 0 Å². The summed E-state index contributed by atoms with van der Waals surface area (Å²) < 4.78 is 36.2. The maximum Gasteiger partial charge on any atom is 0.417 e. The molecule has 1 N–H and O–H groups in total. The number of hydrogen-bond donors (Lipinski definition) is 1. The molecule has 0 aromatic carbocycles. The SMILES string of the molecule is O=C(O)/C=C/c1ccc(C(F)(F)F)cn1. The molecule has 0 aliphatic carbocycles. The fourth-order valence-corrected chi connectivity index (χ4v) is 0.828. The Balaban J connectivity index is 2.86. The number of halogens is 3. The van der Waals surface area contributed by atoms with Crippen LogP contribution in [-0.4, -0.2) is 16.1 Å². The fourth-order valence-electron chi connectivity index (χ4n) is 0.828. The molecule has 0 bridgehead atoms. The molecule has 1 aromatic heterocycles. The van der Waals surface area contributed by atoms with Crippen molar-refractivity contribution in [2.75, 3.05) is 0 Å². The smallest absolute Gasteiger partial charge is 0.417 e. The Labute approximate surface area is 82.9 Å². The van der Waals surface area contributed by atoms with Crippen LogP contribution in [0.2, 0.25) is 0 Å². The van der Waals surface area contributed by atoms with Crippen molar-refractivity contribution < 1.29 is 23.1 Å². The Morgan fingerprint density at radius 1 is 1.40 bits per heavy atom. The van der Waals surface area contributed by atoms with E-state index in [9.17, 15) is 18.0 Å². The lowest BCUT2D eigenvalue weighted by Crippen LogP contribution is -2.05. The predicted molar refractivity (Wildman–Crippen MR) is 45.9 cm³/mol. The first-order valence-electron chi connectivity index (χ1n) is 3.84. The van der Waals surface area contributed by atoms with Crippen LogP contribution in [0.5, 0.6) is 0 Å². The van der Waals surface area contributed by atoms with E-state index in [1.165, 1.54) is 0 Å². The van der Waals surface area contributed by atoms with Gasteiger partial charge in [-0.3, -0.25) is 4.98 Å². The van der Waals surface area contributed by atoms with Gasteiger partial charge in [0.1, 0.15) is 0 Å². The standard InChI is InChI=1S/C9H6F3NO2/c10-9(11,12)6-1-2-7(13-5-6)3-4-8(14)15/h1-5H,(H,14,15)/b4-3+. The van der Waals surface area contributed by atoms with Crippen molar-refractivity contribution >= 4 is 12.0 Å². The summed E-state index contributed by atoms with van der Waals surface area (Å²) in [7, 11) is 0. The topological polar surface area (TPSA) is 50.2 Å². The number of pyridine rings is 1. The van der Waals surface area contributed by atoms with Gasteiger partial charge in [-0.15, -0.1) is 0 Å². The maximum absolute atomic E-state index is 12.1. The Morgan fingerprint density at radius 3 is 2.47 bits per heavy atom. The first kappa shape index (κ1) is 11.2. The normalized spacial score (nSPS) is 11.9. The molecule has 15 heavy (non-hydrogen) atoms. The van der Waals surface area contributed by atoms with Gasteiger partial charge in [0.25, 0.3) is 0 Å². The van der Waals surface area contributed by atoms with Gasteiger partial charge >= 0.3 is 12.1 Å². The molecule has 0 spiro atoms. The van der Waals surface area contributed by atoms with Crippen molar-refractivity contribution in [3.63, 3.8) is 0 Å². The number of nitrogens with zero attached hydrogens (tertiary/aromatic N) is 1. The summed E-state index contributed by atoms with van der Waals surface area (Å²) in [5, 5.41) is 8.26. The van der Waals surface area contributed by atoms with E-state index in [0.717, 1.165) is 24.3 Å². The lowest BCUT2D eigenvalue weighted by molar-refractivity contribution is -0.138. The first-order chi connectivity index (χ1) is 6.89. The molecule has 0 atom stereocenters. The van der Waals surface area contributed by atoms with Gasteiger partial charge in [-0.05, 0) is 18.2 Å². The van der Waals surface area contributed by atoms with E-state index in [-0.39, 0.29) is 5.69 Å². The van der Waals surface area contributed by atoms with Crippen LogP contribution < -0.4 is 0 Å². The summed E-state index contributed by atoms with van der Waals surface area (Å²) in [4.78, 5) is 13.6. The molecule has 0 aliphatic rings. The Bertz CT molecular complexity index is 381. The number of rotatable bonds is 2. The highest BCUT2D eigenvalue weighted by Gasteiger charge is 2.30. The zero-order valence-corrected chi connectivity index (χ0v) is 7.32. The molecule has 0 fully saturated rings. The van der Waals surface area contributed by atoms with Gasteiger partial charge in [0.05, 0.1) is 11.3 Å². The molecule has 0 saturated carbocycles. The highest BCUT2D eigenvalue weighted by molar-refractivity contribution is 5.84. The third kappa shape index (κ3) is 3.41. The number of carboxylic acids is 1. The van der Waals surface area contributed by atoms with Crippen LogP contribution in [0.4, 0.5) is 13.2 Å². The molecule has 0 amide bonds. The average Bonchev–Trinajstić information content (AvgIpc) is 2.14. The van der Waals surface area contributed by atoms with Crippen molar-refractivity contribution in [1.29, 1.82) is 0 Å². The van der Waals surface area contributed by atoms with E-state index in [1.807, 2.05) is 0 Å². The molecular formula is C9H6F3NO2. The van der Waals surface area contributed by atoms with Crippen LogP contribution in [0.3, 0.4) is 0 Å². The molecule has 1 heterocycles. The minimum atomic E-state index is -4.43. The highest BCUT2D eigenvalue weighted by atomic mass is 19.4. The van der Waals surface area contributed by atoms with E-state index in [0.29, 0.717) is 6.20 Å². The number of aliphatic carboxylic acids is 1. The Morgan fingerprint density at radius 2 is 2.07 bits per heavy atom. The second kappa shape index (κ2) is 4.12. The molecular weight excluding hydrogens is 211 g/mol. The third-order valence-corrected chi connectivity index (χ3v) is 1.51. The van der Waals surface area contributed by atoms with Crippen LogP contribution in [0, 0.1) is 0 Å². The maximum atomic E-state index is 12.1. The van der Waals surface area contributed by atoms with E-state index >= 15 is 0 Å². The minimum absolute atomic E-state index is 0.158. The monoisotopic (exact) mass is 217 g/mol. The summed E-state index contributed by atoms with van der Waals surface area (Å²) in [5.41, 5.74) is -0.708. The molecule has 0 unspecified atom stereocenters. The number of aromatic nitrogens is 1. The summed E-state index contributed by atoms with van der Waals surface area (Å²) in [5.74, 6) is -1.18. The van der Waals surface area contributed by atoms with Gasteiger partial charge < -0.3 is 5.11 Å². The number of alkyl halides is 3. The van der Waals surface area contributed by atoms with E-state index in [1.54, 1.807) is 0 Å². The van der Waals surface area contributed by atoms with Gasteiger partial charge in [-0.2, -0.15) is 13.2 Å². The predicted octanol–water partition coefficient (Wildman–Crippen LogP) is 2.20. The largest absolute Gasteiger partial charge is 0.478 e. The van der Waals surface area contributed by atoms with Gasteiger partial charge in [-0.25, -0.2) is 4.79 Å². The lowest BCUT2D eigenvalue weighted by atomic mass is 10.2. The zero-order chi connectivity index (χ0) is 11.5. The summed E-state index contributed by atoms with van der Waals surface area (Å²) in [6.07, 6.45) is -1.86. The fraction of sp³-hybridized carbons (Fsp3) is 0.111. The van der Waals surface area contributed by atoms with Crippen LogP contribution in [0.15, 0.2) is 24.4 Å². The van der Waals surface area contributed by atoms with Crippen LogP contribution >= 0.6 is 0 Å². The highest BCUT2D eigenvalue weighted by Crippen LogP contribution is 2.28. The van der Waals surface area contributed by atoms with E-state index < -0.39 is 17.7 Å². The molecule has 1 aromatic rings. The van der Waals surface area contributed by atoms with Crippen LogP contribution in [0.25, 0.3) is 6.08 Å². The molecule has 0 aliphatic heterocycles. The zero-order valence-electron chi connectivity index (χ0n) is 7.32. The third-order valence-electron chi connectivity index (χ3n) is 1.51. The molecule has 0 radical (unpaired) electrons. The Hall–Kier alpha value is -1.85. The van der Waals surface area contributed by atoms with Crippen LogP contribution in [0.1, 0.15) is 11.3 Å². The van der Waals surface area contributed by atoms with E-state index in [2.05, 4.69) is 4.98 Å². The summed E-state index contributed by atoms with van der Waals surface area (Å²) in [6, 6.07) is 1.94. The summed E-state index contributed by atoms with van der Waals surface area (Å²) in [6.45, 7) is 0. The molecule has 80 valence electrons. The van der Waals surface area contributed by atoms with E-state index in [4.69, 9.17) is 5.11 Å². The quantitative estimate of drug-likeness (QED) is 0.772. The molecule has 3 nitrogen and oxygen atoms in total. The van der Waals surface area contributed by atoms with Crippen molar-refractivity contribution in [3.05, 3.63) is 35.7 Å². The summed E-state index contributed by atoms with van der Waals surface area (Å²) >= 11 is 0. The van der Waals surface area contributed by atoms with Crippen molar-refractivity contribution in [3.8, 4) is 0 Å². The Kier molecular flexibility index (Phi) is 3.08. The number of carboxylic acid groups (broad SMARTS) is 1. The van der Waals surface area contributed by atoms with Crippen molar-refractivity contribution in [2.24, 2.45) is 0 Å². The number of carbonyl (C=O) groups is 1. The molecule has 0 saturated heterocycles. The molecule has 1 rings (SSSR count). The van der Waals surface area contributed by atoms with Gasteiger partial charge in [-0.1, -0.05) is 0 Å². The van der Waals surface area contributed by atoms with Crippen LogP contribution in [-0.2, 0) is 11.0 Å². The first-order valence-corrected chi connectivity index (χ1v) is 3.84. The van der Waals surface area contributed by atoms with Crippen molar-refractivity contribution in [2.45, 2.75) is 6.18 Å². The lowest BCUT2D eigenvalue weighted by Gasteiger charge is -2.04. The van der Waals surface area contributed by atoms with Crippen molar-refractivity contribution in [1.82, 2.24) is 4.98 Å². The van der Waals surface area contributed by atoms with Gasteiger partial charge in [0.15, 0.2) is 0 Å². The number of hydrogen-bond acceptors (Lipinski definition) is 2. The average molecular weight is 217 g/mol. The second-order valence-corrected chi connectivity index (χ2v) is 2.64. The van der Waals surface area contributed by atoms with Gasteiger partial charge in [0, 0.05) is 12.3 Å². The minimum Gasteiger partial charge on any atom is -0.478 e. The second-order valence-electron chi connectivity index (χ2n) is 2.64.